The van der Waals surface area contributed by atoms with Gasteiger partial charge in [-0.3, -0.25) is 4.79 Å². The van der Waals surface area contributed by atoms with Crippen LogP contribution in [0.1, 0.15) is 117 Å². The van der Waals surface area contributed by atoms with E-state index in [0.717, 1.165) is 48.9 Å². The van der Waals surface area contributed by atoms with E-state index in [0.29, 0.717) is 6.42 Å². The number of rotatable bonds is 7. The number of carbonyl (C=O) groups excluding carboxylic acids is 1. The minimum Gasteiger partial charge on any atom is -0.462 e. The van der Waals surface area contributed by atoms with Gasteiger partial charge in [-0.25, -0.2) is 0 Å². The van der Waals surface area contributed by atoms with Crippen molar-refractivity contribution in [2.24, 2.45) is 29.6 Å². The van der Waals surface area contributed by atoms with Crippen LogP contribution in [0, 0.1) is 29.6 Å². The third-order valence-corrected chi connectivity index (χ3v) is 8.21. The molecule has 0 heterocycles. The van der Waals surface area contributed by atoms with Crippen molar-refractivity contribution in [1.82, 2.24) is 0 Å². The smallest absolute Gasteiger partial charge is 0.306 e. The minimum absolute atomic E-state index is 0.0233. The Bertz CT molecular complexity index is 422. The van der Waals surface area contributed by atoms with Crippen LogP contribution in [0.4, 0.5) is 0 Å². The van der Waals surface area contributed by atoms with Crippen LogP contribution < -0.4 is 0 Å². The van der Waals surface area contributed by atoms with Crippen molar-refractivity contribution in [3.8, 4) is 0 Å². The van der Waals surface area contributed by atoms with Crippen molar-refractivity contribution < 1.29 is 9.53 Å². The van der Waals surface area contributed by atoms with E-state index in [-0.39, 0.29) is 12.1 Å². The molecule has 3 fully saturated rings. The van der Waals surface area contributed by atoms with Crippen LogP contribution in [-0.4, -0.2) is 12.1 Å². The van der Waals surface area contributed by atoms with E-state index in [2.05, 4.69) is 6.92 Å². The molecule has 156 valence electrons. The maximum atomic E-state index is 11.7. The second kappa shape index (κ2) is 10.9. The fraction of sp³-hybridized carbons (Fsp3) is 0.960. The zero-order valence-corrected chi connectivity index (χ0v) is 18.1. The Morgan fingerprint density at radius 1 is 0.667 bits per heavy atom. The molecule has 0 aliphatic heterocycles. The first-order valence-electron chi connectivity index (χ1n) is 12.4. The van der Waals surface area contributed by atoms with Gasteiger partial charge in [0.05, 0.1) is 0 Å². The lowest BCUT2D eigenvalue weighted by Crippen LogP contribution is -2.31. The van der Waals surface area contributed by atoms with Crippen molar-refractivity contribution in [3.63, 3.8) is 0 Å². The average Bonchev–Trinajstić information content (AvgIpc) is 2.70. The van der Waals surface area contributed by atoms with Gasteiger partial charge < -0.3 is 4.74 Å². The fourth-order valence-electron chi connectivity index (χ4n) is 6.57. The van der Waals surface area contributed by atoms with Crippen LogP contribution in [0.2, 0.25) is 0 Å². The van der Waals surface area contributed by atoms with E-state index in [1.165, 1.54) is 77.0 Å². The highest BCUT2D eigenvalue weighted by atomic mass is 16.5. The summed E-state index contributed by atoms with van der Waals surface area (Å²) < 4.78 is 5.65. The first kappa shape index (κ1) is 21.2. The van der Waals surface area contributed by atoms with E-state index in [1.807, 2.05) is 6.92 Å². The molecule has 0 aromatic heterocycles. The van der Waals surface area contributed by atoms with Crippen LogP contribution in [-0.2, 0) is 9.53 Å². The van der Waals surface area contributed by atoms with Gasteiger partial charge in [0.2, 0.25) is 0 Å². The molecular formula is C25H44O2. The topological polar surface area (TPSA) is 26.3 Å². The lowest BCUT2D eigenvalue weighted by molar-refractivity contribution is -0.151. The molecule has 0 aromatic carbocycles. The lowest BCUT2D eigenvalue weighted by atomic mass is 9.65. The summed E-state index contributed by atoms with van der Waals surface area (Å²) in [6, 6.07) is 0. The number of esters is 1. The van der Waals surface area contributed by atoms with E-state index >= 15 is 0 Å². The lowest BCUT2D eigenvalue weighted by Gasteiger charge is -2.41. The average molecular weight is 377 g/mol. The van der Waals surface area contributed by atoms with Crippen molar-refractivity contribution in [1.29, 1.82) is 0 Å². The molecule has 0 saturated heterocycles. The molecule has 0 spiro atoms. The maximum Gasteiger partial charge on any atom is 0.306 e. The number of hydrogen-bond acceptors (Lipinski definition) is 2. The monoisotopic (exact) mass is 376 g/mol. The van der Waals surface area contributed by atoms with Crippen LogP contribution in [0.25, 0.3) is 0 Å². The van der Waals surface area contributed by atoms with Crippen LogP contribution in [0.3, 0.4) is 0 Å². The van der Waals surface area contributed by atoms with Gasteiger partial charge in [0.25, 0.3) is 0 Å². The normalized spacial score (nSPS) is 37.7. The molecule has 3 aliphatic rings. The van der Waals surface area contributed by atoms with Gasteiger partial charge in [0.1, 0.15) is 6.10 Å². The molecular weight excluding hydrogens is 332 g/mol. The summed E-state index contributed by atoms with van der Waals surface area (Å²) in [5.74, 6) is 5.03. The summed E-state index contributed by atoms with van der Waals surface area (Å²) in [4.78, 5) is 11.7. The molecule has 0 unspecified atom stereocenters. The van der Waals surface area contributed by atoms with Crippen LogP contribution >= 0.6 is 0 Å². The number of carbonyl (C=O) groups is 1. The highest BCUT2D eigenvalue weighted by molar-refractivity contribution is 5.69. The standard InChI is InChI=1S/C25H44O2/c1-3-5-19-7-9-20(10-8-19)21-11-13-22(14-12-21)23-15-17-24(18-16-23)27-25(26)6-4-2/h19-24H,3-18H2,1-2H3/t19-,20-,21-,22-,23-,24-. The van der Waals surface area contributed by atoms with Crippen molar-refractivity contribution >= 4 is 5.97 Å². The summed E-state index contributed by atoms with van der Waals surface area (Å²) in [5.41, 5.74) is 0. The molecule has 3 rings (SSSR count). The molecule has 2 nitrogen and oxygen atoms in total. The highest BCUT2D eigenvalue weighted by Gasteiger charge is 2.35. The van der Waals surface area contributed by atoms with Crippen molar-refractivity contribution in [2.45, 2.75) is 123 Å². The summed E-state index contributed by atoms with van der Waals surface area (Å²) in [6.07, 6.45) is 21.4. The van der Waals surface area contributed by atoms with Crippen molar-refractivity contribution in [3.05, 3.63) is 0 Å². The number of ether oxygens (including phenoxy) is 1. The highest BCUT2D eigenvalue weighted by Crippen LogP contribution is 2.45. The Morgan fingerprint density at radius 2 is 1.11 bits per heavy atom. The first-order valence-corrected chi connectivity index (χ1v) is 12.4. The number of hydrogen-bond donors (Lipinski definition) is 0. The van der Waals surface area contributed by atoms with E-state index in [4.69, 9.17) is 4.74 Å². The van der Waals surface area contributed by atoms with Gasteiger partial charge in [-0.1, -0.05) is 39.5 Å². The van der Waals surface area contributed by atoms with Gasteiger partial charge in [0.15, 0.2) is 0 Å². The predicted molar refractivity (Wildman–Crippen MR) is 113 cm³/mol. The third-order valence-electron chi connectivity index (χ3n) is 8.21. The Kier molecular flexibility index (Phi) is 8.52. The summed E-state index contributed by atoms with van der Waals surface area (Å²) in [6.45, 7) is 4.39. The molecule has 0 aromatic rings. The predicted octanol–water partition coefficient (Wildman–Crippen LogP) is 7.30. The molecule has 0 radical (unpaired) electrons. The van der Waals surface area contributed by atoms with E-state index in [1.54, 1.807) is 0 Å². The van der Waals surface area contributed by atoms with Gasteiger partial charge in [-0.2, -0.15) is 0 Å². The van der Waals surface area contributed by atoms with Gasteiger partial charge in [0, 0.05) is 6.42 Å². The van der Waals surface area contributed by atoms with Crippen LogP contribution in [0.5, 0.6) is 0 Å². The molecule has 0 atom stereocenters. The molecule has 0 bridgehead atoms. The first-order chi connectivity index (χ1) is 13.2. The quantitative estimate of drug-likeness (QED) is 0.436. The Labute approximate surface area is 168 Å². The second-order valence-electron chi connectivity index (χ2n) is 10.0. The fourth-order valence-corrected chi connectivity index (χ4v) is 6.57. The summed E-state index contributed by atoms with van der Waals surface area (Å²) >= 11 is 0. The maximum absolute atomic E-state index is 11.7. The molecule has 27 heavy (non-hydrogen) atoms. The Balaban J connectivity index is 1.34. The van der Waals surface area contributed by atoms with Gasteiger partial charge in [-0.15, -0.1) is 0 Å². The molecule has 2 heteroatoms. The zero-order valence-electron chi connectivity index (χ0n) is 18.1. The zero-order chi connectivity index (χ0) is 19.1. The molecule has 3 aliphatic carbocycles. The second-order valence-corrected chi connectivity index (χ2v) is 10.0. The molecule has 0 N–H and O–H groups in total. The van der Waals surface area contributed by atoms with Gasteiger partial charge in [-0.05, 0) is 100 Å². The summed E-state index contributed by atoms with van der Waals surface area (Å²) in [5, 5.41) is 0. The SMILES string of the molecule is CCCC(=O)O[C@H]1CC[C@H]([C@H]2CC[C@H]([C@H]3CC[C@H](CCC)CC3)CC2)CC1. The van der Waals surface area contributed by atoms with E-state index < -0.39 is 0 Å². The van der Waals surface area contributed by atoms with Crippen LogP contribution in [0.15, 0.2) is 0 Å². The van der Waals surface area contributed by atoms with Gasteiger partial charge >= 0.3 is 5.97 Å². The largest absolute Gasteiger partial charge is 0.462 e. The summed E-state index contributed by atoms with van der Waals surface area (Å²) in [7, 11) is 0. The van der Waals surface area contributed by atoms with Crippen molar-refractivity contribution in [2.75, 3.05) is 0 Å². The third kappa shape index (κ3) is 6.23. The molecule has 3 saturated carbocycles. The van der Waals surface area contributed by atoms with E-state index in [9.17, 15) is 4.79 Å². The minimum atomic E-state index is 0.0233. The Hall–Kier alpha value is -0.530. The molecule has 0 amide bonds. The Morgan fingerprint density at radius 3 is 1.56 bits per heavy atom.